The number of nitrogens with one attached hydrogen (secondary N) is 1. The molecule has 0 spiro atoms. The van der Waals surface area contributed by atoms with Crippen LogP contribution in [0, 0.1) is 10.1 Å². The Morgan fingerprint density at radius 2 is 2.00 bits per heavy atom. The molecule has 0 fully saturated rings. The van der Waals surface area contributed by atoms with Crippen molar-refractivity contribution in [1.82, 2.24) is 5.32 Å². The number of aliphatic hydroxyl groups excluding tert-OH is 1. The quantitative estimate of drug-likeness (QED) is 0.400. The van der Waals surface area contributed by atoms with Crippen LogP contribution in [-0.2, 0) is 16.0 Å². The predicted molar refractivity (Wildman–Crippen MR) is 67.7 cm³/mol. The molecule has 0 aliphatic heterocycles. The number of rotatable bonds is 8. The van der Waals surface area contributed by atoms with E-state index in [1.807, 2.05) is 0 Å². The van der Waals surface area contributed by atoms with E-state index in [0.717, 1.165) is 0 Å². The number of carbonyl (C=O) groups is 1. The van der Waals surface area contributed by atoms with Crippen molar-refractivity contribution in [3.05, 3.63) is 39.9 Å². The van der Waals surface area contributed by atoms with Crippen LogP contribution in [0.2, 0.25) is 0 Å². The summed E-state index contributed by atoms with van der Waals surface area (Å²) < 4.78 is 4.99. The van der Waals surface area contributed by atoms with Crippen molar-refractivity contribution in [1.29, 1.82) is 0 Å². The summed E-state index contributed by atoms with van der Waals surface area (Å²) in [6, 6.07) is 5.85. The fourth-order valence-electron chi connectivity index (χ4n) is 1.41. The third kappa shape index (κ3) is 5.94. The van der Waals surface area contributed by atoms with Crippen LogP contribution in [-0.4, -0.2) is 42.3 Å². The molecule has 7 heteroatoms. The molecule has 19 heavy (non-hydrogen) atoms. The Bertz CT molecular complexity index is 419. The molecule has 0 aliphatic rings. The SMILES string of the molecule is O=C(Cc1ccc([N+](=O)[O-])cc1)NCCOCCO. The molecule has 0 aliphatic carbocycles. The highest BCUT2D eigenvalue weighted by molar-refractivity contribution is 5.78. The monoisotopic (exact) mass is 268 g/mol. The van der Waals surface area contributed by atoms with Gasteiger partial charge < -0.3 is 15.2 Å². The highest BCUT2D eigenvalue weighted by Gasteiger charge is 2.06. The molecular formula is C12H16N2O5. The van der Waals surface area contributed by atoms with Gasteiger partial charge in [-0.05, 0) is 5.56 Å². The topological polar surface area (TPSA) is 102 Å². The molecule has 0 aromatic heterocycles. The van der Waals surface area contributed by atoms with Crippen molar-refractivity contribution in [2.45, 2.75) is 6.42 Å². The lowest BCUT2D eigenvalue weighted by Crippen LogP contribution is -2.28. The van der Waals surface area contributed by atoms with Crippen molar-refractivity contribution in [3.8, 4) is 0 Å². The lowest BCUT2D eigenvalue weighted by atomic mass is 10.1. The van der Waals surface area contributed by atoms with E-state index in [1.54, 1.807) is 12.1 Å². The average molecular weight is 268 g/mol. The number of carbonyl (C=O) groups excluding carboxylic acids is 1. The van der Waals surface area contributed by atoms with Crippen molar-refractivity contribution in [3.63, 3.8) is 0 Å². The summed E-state index contributed by atoms with van der Waals surface area (Å²) in [5.41, 5.74) is 0.709. The molecule has 0 radical (unpaired) electrons. The molecule has 1 aromatic carbocycles. The minimum absolute atomic E-state index is 0.00145. The summed E-state index contributed by atoms with van der Waals surface area (Å²) >= 11 is 0. The Kier molecular flexibility index (Phi) is 6.48. The molecule has 0 saturated heterocycles. The van der Waals surface area contributed by atoms with Gasteiger partial charge >= 0.3 is 0 Å². The van der Waals surface area contributed by atoms with Gasteiger partial charge in [0, 0.05) is 18.7 Å². The Morgan fingerprint density at radius 1 is 1.32 bits per heavy atom. The number of aliphatic hydroxyl groups is 1. The first-order valence-corrected chi connectivity index (χ1v) is 5.82. The Balaban J connectivity index is 2.30. The smallest absolute Gasteiger partial charge is 0.269 e. The van der Waals surface area contributed by atoms with E-state index in [9.17, 15) is 14.9 Å². The zero-order chi connectivity index (χ0) is 14.1. The zero-order valence-corrected chi connectivity index (χ0v) is 10.4. The maximum absolute atomic E-state index is 11.5. The summed E-state index contributed by atoms with van der Waals surface area (Å²) in [4.78, 5) is 21.5. The van der Waals surface area contributed by atoms with Crippen LogP contribution in [0.3, 0.4) is 0 Å². The van der Waals surface area contributed by atoms with Crippen LogP contribution >= 0.6 is 0 Å². The van der Waals surface area contributed by atoms with Gasteiger partial charge in [0.15, 0.2) is 0 Å². The molecule has 0 heterocycles. The van der Waals surface area contributed by atoms with Crippen LogP contribution in [0.4, 0.5) is 5.69 Å². The Labute approximate surface area is 110 Å². The Hall–Kier alpha value is -1.99. The fraction of sp³-hybridized carbons (Fsp3) is 0.417. The number of nitrogens with zero attached hydrogens (tertiary/aromatic N) is 1. The van der Waals surface area contributed by atoms with E-state index in [-0.39, 0.29) is 31.2 Å². The van der Waals surface area contributed by atoms with Gasteiger partial charge in [-0.1, -0.05) is 12.1 Å². The van der Waals surface area contributed by atoms with Gasteiger partial charge in [-0.25, -0.2) is 0 Å². The van der Waals surface area contributed by atoms with E-state index in [0.29, 0.717) is 18.7 Å². The van der Waals surface area contributed by atoms with Crippen LogP contribution < -0.4 is 5.32 Å². The third-order valence-electron chi connectivity index (χ3n) is 2.32. The van der Waals surface area contributed by atoms with E-state index < -0.39 is 4.92 Å². The number of benzene rings is 1. The number of hydrogen-bond acceptors (Lipinski definition) is 5. The van der Waals surface area contributed by atoms with Crippen LogP contribution in [0.5, 0.6) is 0 Å². The maximum Gasteiger partial charge on any atom is 0.269 e. The minimum atomic E-state index is -0.484. The normalized spacial score (nSPS) is 10.2. The standard InChI is InChI=1S/C12H16N2O5/c15-6-8-19-7-5-13-12(16)9-10-1-3-11(4-2-10)14(17)18/h1-4,15H,5-9H2,(H,13,16). The minimum Gasteiger partial charge on any atom is -0.394 e. The van der Waals surface area contributed by atoms with Gasteiger partial charge in [-0.3, -0.25) is 14.9 Å². The average Bonchev–Trinajstić information content (AvgIpc) is 2.39. The van der Waals surface area contributed by atoms with Crippen LogP contribution in [0.1, 0.15) is 5.56 Å². The number of hydrogen-bond donors (Lipinski definition) is 2. The lowest BCUT2D eigenvalue weighted by Gasteiger charge is -2.05. The number of non-ortho nitro benzene ring substituents is 1. The van der Waals surface area contributed by atoms with Gasteiger partial charge in [0.2, 0.25) is 5.91 Å². The second kappa shape index (κ2) is 8.17. The highest BCUT2D eigenvalue weighted by Crippen LogP contribution is 2.12. The molecule has 0 saturated carbocycles. The molecule has 1 rings (SSSR count). The fourth-order valence-corrected chi connectivity index (χ4v) is 1.41. The molecule has 104 valence electrons. The van der Waals surface area contributed by atoms with Gasteiger partial charge in [0.1, 0.15) is 0 Å². The molecule has 1 amide bonds. The molecule has 1 aromatic rings. The van der Waals surface area contributed by atoms with Gasteiger partial charge in [0.25, 0.3) is 5.69 Å². The molecular weight excluding hydrogens is 252 g/mol. The summed E-state index contributed by atoms with van der Waals surface area (Å²) in [6.07, 6.45) is 0.165. The van der Waals surface area contributed by atoms with Gasteiger partial charge in [-0.2, -0.15) is 0 Å². The second-order valence-electron chi connectivity index (χ2n) is 3.79. The number of ether oxygens (including phenoxy) is 1. The van der Waals surface area contributed by atoms with E-state index in [1.165, 1.54) is 12.1 Å². The van der Waals surface area contributed by atoms with Crippen LogP contribution in [0.15, 0.2) is 24.3 Å². The second-order valence-corrected chi connectivity index (χ2v) is 3.79. The van der Waals surface area contributed by atoms with Crippen molar-refractivity contribution in [2.75, 3.05) is 26.4 Å². The summed E-state index contributed by atoms with van der Waals surface area (Å²) in [7, 11) is 0. The summed E-state index contributed by atoms with van der Waals surface area (Å²) in [6.45, 7) is 0.910. The third-order valence-corrected chi connectivity index (χ3v) is 2.32. The first kappa shape index (κ1) is 15.1. The molecule has 2 N–H and O–H groups in total. The van der Waals surface area contributed by atoms with Gasteiger partial charge in [-0.15, -0.1) is 0 Å². The molecule has 0 bridgehead atoms. The molecule has 0 unspecified atom stereocenters. The van der Waals surface area contributed by atoms with Crippen molar-refractivity contribution < 1.29 is 19.6 Å². The predicted octanol–water partition coefficient (Wildman–Crippen LogP) is 0.262. The first-order chi connectivity index (χ1) is 9.13. The number of nitro groups is 1. The van der Waals surface area contributed by atoms with Gasteiger partial charge in [0.05, 0.1) is 31.2 Å². The molecule has 0 atom stereocenters. The highest BCUT2D eigenvalue weighted by atomic mass is 16.6. The molecule has 7 nitrogen and oxygen atoms in total. The van der Waals surface area contributed by atoms with Crippen LogP contribution in [0.25, 0.3) is 0 Å². The first-order valence-electron chi connectivity index (χ1n) is 5.82. The maximum atomic E-state index is 11.5. The van der Waals surface area contributed by atoms with E-state index in [4.69, 9.17) is 9.84 Å². The lowest BCUT2D eigenvalue weighted by molar-refractivity contribution is -0.384. The zero-order valence-electron chi connectivity index (χ0n) is 10.4. The van der Waals surface area contributed by atoms with E-state index in [2.05, 4.69) is 5.32 Å². The summed E-state index contributed by atoms with van der Waals surface area (Å²) in [5.74, 6) is -0.179. The largest absolute Gasteiger partial charge is 0.394 e. The van der Waals surface area contributed by atoms with Crippen molar-refractivity contribution in [2.24, 2.45) is 0 Å². The number of nitro benzene ring substituents is 1. The Morgan fingerprint density at radius 3 is 2.58 bits per heavy atom. The van der Waals surface area contributed by atoms with Crippen molar-refractivity contribution >= 4 is 11.6 Å². The van der Waals surface area contributed by atoms with E-state index >= 15 is 0 Å². The summed E-state index contributed by atoms with van der Waals surface area (Å²) in [5, 5.41) is 21.6. The number of amides is 1.